The first-order valence-corrected chi connectivity index (χ1v) is 6.25. The normalized spacial score (nSPS) is 12.1. The van der Waals surface area contributed by atoms with E-state index in [0.717, 1.165) is 0 Å². The van der Waals surface area contributed by atoms with Gasteiger partial charge in [-0.3, -0.25) is 4.79 Å². The van der Waals surface area contributed by atoms with Crippen LogP contribution in [0, 0.1) is 0 Å². The van der Waals surface area contributed by atoms with Crippen molar-refractivity contribution in [3.8, 4) is 0 Å². The van der Waals surface area contributed by atoms with Crippen LogP contribution in [0.25, 0.3) is 0 Å². The van der Waals surface area contributed by atoms with Crippen LogP contribution >= 0.6 is 11.6 Å². The Balaban J connectivity index is 1.98. The van der Waals surface area contributed by atoms with Gasteiger partial charge in [0.2, 0.25) is 0 Å². The van der Waals surface area contributed by atoms with Crippen LogP contribution in [0.2, 0.25) is 5.02 Å². The van der Waals surface area contributed by atoms with E-state index in [9.17, 15) is 4.79 Å². The highest BCUT2D eigenvalue weighted by molar-refractivity contribution is 6.33. The van der Waals surface area contributed by atoms with Crippen molar-refractivity contribution in [1.29, 1.82) is 0 Å². The number of hydrogen-bond acceptors (Lipinski definition) is 3. The molecular formula is C13H15ClN4O. The van der Waals surface area contributed by atoms with E-state index in [2.05, 4.69) is 10.3 Å². The second kappa shape index (κ2) is 5.75. The van der Waals surface area contributed by atoms with Crippen molar-refractivity contribution >= 4 is 23.2 Å². The highest BCUT2D eigenvalue weighted by Gasteiger charge is 2.11. The second-order valence-corrected chi connectivity index (χ2v) is 4.78. The molecule has 3 N–H and O–H groups in total. The molecule has 19 heavy (non-hydrogen) atoms. The van der Waals surface area contributed by atoms with E-state index >= 15 is 0 Å². The smallest absolute Gasteiger partial charge is 0.251 e. The van der Waals surface area contributed by atoms with E-state index in [1.165, 1.54) is 0 Å². The van der Waals surface area contributed by atoms with Crippen molar-refractivity contribution in [2.75, 3.05) is 5.73 Å². The summed E-state index contributed by atoms with van der Waals surface area (Å²) < 4.78 is 1.90. The van der Waals surface area contributed by atoms with E-state index < -0.39 is 0 Å². The third kappa shape index (κ3) is 3.48. The van der Waals surface area contributed by atoms with Gasteiger partial charge in [-0.1, -0.05) is 11.6 Å². The Morgan fingerprint density at radius 3 is 3.00 bits per heavy atom. The molecule has 0 aliphatic heterocycles. The molecule has 100 valence electrons. The highest BCUT2D eigenvalue weighted by atomic mass is 35.5. The number of amides is 1. The molecule has 1 unspecified atom stereocenters. The number of nitrogens with two attached hydrogens (primary N) is 1. The average molecular weight is 279 g/mol. The lowest BCUT2D eigenvalue weighted by molar-refractivity contribution is 0.0937. The minimum atomic E-state index is -0.170. The Morgan fingerprint density at radius 1 is 1.58 bits per heavy atom. The summed E-state index contributed by atoms with van der Waals surface area (Å²) in [5.41, 5.74) is 6.57. The third-order valence-electron chi connectivity index (χ3n) is 2.68. The molecule has 2 aromatic rings. The maximum atomic E-state index is 12.0. The summed E-state index contributed by atoms with van der Waals surface area (Å²) in [5, 5.41) is 3.34. The van der Waals surface area contributed by atoms with Gasteiger partial charge in [-0.25, -0.2) is 4.98 Å². The number of rotatable bonds is 4. The molecular weight excluding hydrogens is 264 g/mol. The van der Waals surface area contributed by atoms with Crippen molar-refractivity contribution in [2.24, 2.45) is 0 Å². The van der Waals surface area contributed by atoms with Gasteiger partial charge in [-0.15, -0.1) is 0 Å². The summed E-state index contributed by atoms with van der Waals surface area (Å²) >= 11 is 5.82. The van der Waals surface area contributed by atoms with Crippen molar-refractivity contribution < 1.29 is 4.79 Å². The van der Waals surface area contributed by atoms with Crippen molar-refractivity contribution in [1.82, 2.24) is 14.9 Å². The van der Waals surface area contributed by atoms with Crippen LogP contribution in [0.5, 0.6) is 0 Å². The van der Waals surface area contributed by atoms with Gasteiger partial charge in [0.1, 0.15) is 0 Å². The van der Waals surface area contributed by atoms with Crippen molar-refractivity contribution in [2.45, 2.75) is 19.5 Å². The molecule has 1 amide bonds. The fraction of sp³-hybridized carbons (Fsp3) is 0.231. The Kier molecular flexibility index (Phi) is 4.06. The lowest BCUT2D eigenvalue weighted by Crippen LogP contribution is -2.35. The third-order valence-corrected chi connectivity index (χ3v) is 3.02. The van der Waals surface area contributed by atoms with Gasteiger partial charge < -0.3 is 15.6 Å². The zero-order valence-corrected chi connectivity index (χ0v) is 11.3. The zero-order chi connectivity index (χ0) is 13.8. The van der Waals surface area contributed by atoms with E-state index in [-0.39, 0.29) is 11.9 Å². The Morgan fingerprint density at radius 2 is 2.37 bits per heavy atom. The molecule has 0 spiro atoms. The highest BCUT2D eigenvalue weighted by Crippen LogP contribution is 2.19. The molecule has 5 nitrogen and oxygen atoms in total. The predicted molar refractivity (Wildman–Crippen MR) is 75.0 cm³/mol. The standard InChI is InChI=1S/C13H15ClN4O/c1-9(7-18-5-4-16-8-18)17-13(19)10-2-3-11(14)12(15)6-10/h2-6,8-9H,7,15H2,1H3,(H,17,19). The monoisotopic (exact) mass is 278 g/mol. The van der Waals surface area contributed by atoms with E-state index in [0.29, 0.717) is 22.8 Å². The fourth-order valence-corrected chi connectivity index (χ4v) is 1.87. The summed E-state index contributed by atoms with van der Waals surface area (Å²) in [4.78, 5) is 16.0. The number of carbonyl (C=O) groups is 1. The number of benzene rings is 1. The number of hydrogen-bond donors (Lipinski definition) is 2. The molecule has 1 atom stereocenters. The summed E-state index contributed by atoms with van der Waals surface area (Å²) in [6, 6.07) is 4.82. The van der Waals surface area contributed by atoms with Gasteiger partial charge in [0, 0.05) is 30.5 Å². The molecule has 2 rings (SSSR count). The summed E-state index contributed by atoms with van der Waals surface area (Å²) in [7, 11) is 0. The summed E-state index contributed by atoms with van der Waals surface area (Å²) in [6.07, 6.45) is 5.26. The molecule has 0 saturated heterocycles. The second-order valence-electron chi connectivity index (χ2n) is 4.37. The number of halogens is 1. The van der Waals surface area contributed by atoms with Crippen LogP contribution in [0.1, 0.15) is 17.3 Å². The minimum absolute atomic E-state index is 0.0152. The quantitative estimate of drug-likeness (QED) is 0.840. The topological polar surface area (TPSA) is 72.9 Å². The van der Waals surface area contributed by atoms with E-state index in [1.54, 1.807) is 30.7 Å². The number of nitrogen functional groups attached to an aromatic ring is 1. The molecule has 6 heteroatoms. The Labute approximate surface area is 116 Å². The molecule has 0 aliphatic rings. The number of imidazole rings is 1. The number of aromatic nitrogens is 2. The van der Waals surface area contributed by atoms with Gasteiger partial charge >= 0.3 is 0 Å². The Hall–Kier alpha value is -2.01. The minimum Gasteiger partial charge on any atom is -0.398 e. The van der Waals surface area contributed by atoms with Crippen LogP contribution < -0.4 is 11.1 Å². The lowest BCUT2D eigenvalue weighted by Gasteiger charge is -2.14. The maximum absolute atomic E-state index is 12.0. The molecule has 0 bridgehead atoms. The number of anilines is 1. The molecule has 0 fully saturated rings. The molecule has 0 radical (unpaired) electrons. The van der Waals surface area contributed by atoms with E-state index in [4.69, 9.17) is 17.3 Å². The van der Waals surface area contributed by atoms with Gasteiger partial charge in [-0.2, -0.15) is 0 Å². The number of nitrogens with one attached hydrogen (secondary N) is 1. The zero-order valence-electron chi connectivity index (χ0n) is 10.5. The largest absolute Gasteiger partial charge is 0.398 e. The lowest BCUT2D eigenvalue weighted by atomic mass is 10.2. The van der Waals surface area contributed by atoms with Gasteiger partial charge in [-0.05, 0) is 25.1 Å². The SMILES string of the molecule is CC(Cn1ccnc1)NC(=O)c1ccc(Cl)c(N)c1. The number of nitrogens with zero attached hydrogens (tertiary/aromatic N) is 2. The van der Waals surface area contributed by atoms with Crippen LogP contribution in [-0.2, 0) is 6.54 Å². The van der Waals surface area contributed by atoms with Crippen molar-refractivity contribution in [3.05, 3.63) is 47.5 Å². The van der Waals surface area contributed by atoms with Gasteiger partial charge in [0.25, 0.3) is 5.91 Å². The molecule has 1 aromatic heterocycles. The van der Waals surface area contributed by atoms with Crippen LogP contribution in [0.15, 0.2) is 36.9 Å². The van der Waals surface area contributed by atoms with Crippen LogP contribution in [0.4, 0.5) is 5.69 Å². The fourth-order valence-electron chi connectivity index (χ4n) is 1.75. The predicted octanol–water partition coefficient (Wildman–Crippen LogP) is 1.94. The average Bonchev–Trinajstić information content (AvgIpc) is 2.85. The first-order chi connectivity index (χ1) is 9.06. The summed E-state index contributed by atoms with van der Waals surface area (Å²) in [5.74, 6) is -0.170. The maximum Gasteiger partial charge on any atom is 0.251 e. The molecule has 0 saturated carbocycles. The van der Waals surface area contributed by atoms with Crippen LogP contribution in [-0.4, -0.2) is 21.5 Å². The van der Waals surface area contributed by atoms with Crippen molar-refractivity contribution in [3.63, 3.8) is 0 Å². The first-order valence-electron chi connectivity index (χ1n) is 5.88. The Bertz CT molecular complexity index is 568. The van der Waals surface area contributed by atoms with E-state index in [1.807, 2.05) is 17.7 Å². The molecule has 1 heterocycles. The van der Waals surface area contributed by atoms with Crippen LogP contribution in [0.3, 0.4) is 0 Å². The molecule has 0 aliphatic carbocycles. The summed E-state index contributed by atoms with van der Waals surface area (Å²) in [6.45, 7) is 2.59. The first kappa shape index (κ1) is 13.4. The number of carbonyl (C=O) groups excluding carboxylic acids is 1. The molecule has 1 aromatic carbocycles. The van der Waals surface area contributed by atoms with Gasteiger partial charge in [0.05, 0.1) is 17.0 Å². The van der Waals surface area contributed by atoms with Gasteiger partial charge in [0.15, 0.2) is 0 Å².